The summed E-state index contributed by atoms with van der Waals surface area (Å²) in [4.78, 5) is 21.3. The van der Waals surface area contributed by atoms with Crippen molar-refractivity contribution >= 4 is 18.1 Å². The number of aromatic nitrogens is 5. The highest BCUT2D eigenvalue weighted by atomic mass is 15.3. The van der Waals surface area contributed by atoms with Gasteiger partial charge < -0.3 is 20.5 Å². The van der Waals surface area contributed by atoms with E-state index in [2.05, 4.69) is 34.8 Å². The lowest BCUT2D eigenvalue weighted by molar-refractivity contribution is 0.383. The molecule has 10 heteroatoms. The van der Waals surface area contributed by atoms with Gasteiger partial charge in [-0.3, -0.25) is 10.1 Å². The van der Waals surface area contributed by atoms with Crippen LogP contribution in [-0.4, -0.2) is 68.0 Å². The molecule has 10 nitrogen and oxygen atoms in total. The summed E-state index contributed by atoms with van der Waals surface area (Å²) in [6, 6.07) is 12.0. The Kier molecular flexibility index (Phi) is 6.34. The average Bonchev–Trinajstić information content (AvgIpc) is 3.57. The van der Waals surface area contributed by atoms with Crippen LogP contribution in [0.3, 0.4) is 0 Å². The first kappa shape index (κ1) is 23.4. The number of nitrogens with zero attached hydrogens (tertiary/aromatic N) is 7. The quantitative estimate of drug-likeness (QED) is 0.286. The van der Waals surface area contributed by atoms with E-state index in [-0.39, 0.29) is 0 Å². The summed E-state index contributed by atoms with van der Waals surface area (Å²) < 4.78 is 1.78. The van der Waals surface area contributed by atoms with Gasteiger partial charge in [-0.25, -0.2) is 15.0 Å². The molecule has 0 saturated carbocycles. The molecule has 0 amide bonds. The third-order valence-electron chi connectivity index (χ3n) is 6.62. The number of benzene rings is 1. The maximum absolute atomic E-state index is 7.58. The Labute approximate surface area is 210 Å². The summed E-state index contributed by atoms with van der Waals surface area (Å²) in [5.74, 6) is 1.43. The number of H-pyrrole nitrogens is 1. The molecule has 4 aromatic rings. The number of amidine groups is 1. The molecule has 184 valence electrons. The zero-order valence-corrected chi connectivity index (χ0v) is 20.5. The molecule has 1 aliphatic rings. The maximum atomic E-state index is 7.58. The van der Waals surface area contributed by atoms with Crippen molar-refractivity contribution in [2.45, 2.75) is 12.5 Å². The number of anilines is 1. The van der Waals surface area contributed by atoms with Crippen molar-refractivity contribution in [2.24, 2.45) is 17.8 Å². The summed E-state index contributed by atoms with van der Waals surface area (Å²) in [6.45, 7) is 4.93. The third kappa shape index (κ3) is 4.63. The lowest BCUT2D eigenvalue weighted by Crippen LogP contribution is -2.49. The molecule has 1 fully saturated rings. The standard InChI is InChI=1S/C26H30N10/c1-26(28,21-6-4-3-5-7-21)22-15-30-25(31-16-22)36-10-8-35(9-11-36)24(32-18-27)23-12-19(13-29-23)20-14-33-34(2)17-20/h3-7,12-18,27,29H,8-11,28H2,1-2H3/b27-18?,32-24+/t26-/m0/s1. The van der Waals surface area contributed by atoms with E-state index in [0.29, 0.717) is 5.95 Å². The second-order valence-corrected chi connectivity index (χ2v) is 9.10. The molecule has 36 heavy (non-hydrogen) atoms. The predicted molar refractivity (Wildman–Crippen MR) is 141 cm³/mol. The minimum Gasteiger partial charge on any atom is -0.358 e. The zero-order chi connectivity index (χ0) is 25.1. The second-order valence-electron chi connectivity index (χ2n) is 9.10. The van der Waals surface area contributed by atoms with Gasteiger partial charge in [0.2, 0.25) is 5.95 Å². The van der Waals surface area contributed by atoms with Gasteiger partial charge in [0.25, 0.3) is 0 Å². The van der Waals surface area contributed by atoms with Crippen molar-refractivity contribution in [1.29, 1.82) is 5.41 Å². The molecule has 4 heterocycles. The van der Waals surface area contributed by atoms with Crippen LogP contribution in [0.5, 0.6) is 0 Å². The van der Waals surface area contributed by atoms with E-state index in [9.17, 15) is 0 Å². The van der Waals surface area contributed by atoms with Crippen molar-refractivity contribution in [1.82, 2.24) is 29.6 Å². The summed E-state index contributed by atoms with van der Waals surface area (Å²) in [5, 5.41) is 11.8. The van der Waals surface area contributed by atoms with Crippen LogP contribution >= 0.6 is 0 Å². The number of hydrogen-bond acceptors (Lipinski definition) is 6. The summed E-state index contributed by atoms with van der Waals surface area (Å²) in [7, 11) is 1.90. The van der Waals surface area contributed by atoms with Crippen molar-refractivity contribution in [3.05, 3.63) is 84.2 Å². The monoisotopic (exact) mass is 482 g/mol. The summed E-state index contributed by atoms with van der Waals surface area (Å²) in [5.41, 5.74) is 10.8. The lowest BCUT2D eigenvalue weighted by Gasteiger charge is -2.36. The third-order valence-corrected chi connectivity index (χ3v) is 6.62. The molecule has 3 aromatic heterocycles. The fraction of sp³-hybridized carbons (Fsp3) is 0.269. The van der Waals surface area contributed by atoms with Gasteiger partial charge in [-0.1, -0.05) is 30.3 Å². The van der Waals surface area contributed by atoms with Crippen LogP contribution < -0.4 is 10.6 Å². The van der Waals surface area contributed by atoms with E-state index < -0.39 is 5.54 Å². The predicted octanol–water partition coefficient (Wildman–Crippen LogP) is 2.60. The first-order valence-electron chi connectivity index (χ1n) is 11.9. The number of piperazine rings is 1. The first-order valence-corrected chi connectivity index (χ1v) is 11.9. The number of rotatable bonds is 6. The Bertz CT molecular complexity index is 1340. The van der Waals surface area contributed by atoms with Crippen LogP contribution in [-0.2, 0) is 12.6 Å². The average molecular weight is 483 g/mol. The normalized spacial score (nSPS) is 16.1. The van der Waals surface area contributed by atoms with Gasteiger partial charge in [0.15, 0.2) is 5.84 Å². The SMILES string of the molecule is Cn1cc(-c2c[nH]c(/C(=N\C=N)N3CCN(c4ncc([C@@](C)(N)c5ccccc5)cn4)CC3)c2)cn1. The van der Waals surface area contributed by atoms with Gasteiger partial charge >= 0.3 is 0 Å². The number of hydrogen-bond donors (Lipinski definition) is 3. The fourth-order valence-electron chi connectivity index (χ4n) is 4.47. The largest absolute Gasteiger partial charge is 0.358 e. The van der Waals surface area contributed by atoms with Crippen LogP contribution in [0, 0.1) is 5.41 Å². The smallest absolute Gasteiger partial charge is 0.225 e. The van der Waals surface area contributed by atoms with Crippen LogP contribution in [0.25, 0.3) is 11.1 Å². The van der Waals surface area contributed by atoms with Crippen LogP contribution in [0.15, 0.2) is 72.4 Å². The van der Waals surface area contributed by atoms with E-state index in [1.54, 1.807) is 4.68 Å². The molecule has 0 unspecified atom stereocenters. The molecular weight excluding hydrogens is 452 g/mol. The van der Waals surface area contributed by atoms with E-state index in [0.717, 1.165) is 66.3 Å². The molecule has 4 N–H and O–H groups in total. The van der Waals surface area contributed by atoms with Crippen molar-refractivity contribution in [3.8, 4) is 11.1 Å². The highest BCUT2D eigenvalue weighted by Gasteiger charge is 2.26. The topological polar surface area (TPSA) is 128 Å². The van der Waals surface area contributed by atoms with Crippen molar-refractivity contribution in [2.75, 3.05) is 31.1 Å². The van der Waals surface area contributed by atoms with Crippen LogP contribution in [0.1, 0.15) is 23.7 Å². The zero-order valence-electron chi connectivity index (χ0n) is 20.5. The molecule has 1 atom stereocenters. The Hall–Kier alpha value is -4.31. The second kappa shape index (κ2) is 9.74. The highest BCUT2D eigenvalue weighted by Crippen LogP contribution is 2.26. The molecule has 1 aromatic carbocycles. The number of nitrogens with two attached hydrogens (primary N) is 1. The van der Waals surface area contributed by atoms with Gasteiger partial charge in [0.1, 0.15) is 6.34 Å². The van der Waals surface area contributed by atoms with Gasteiger partial charge in [-0.05, 0) is 18.6 Å². The van der Waals surface area contributed by atoms with E-state index in [1.165, 1.54) is 0 Å². The summed E-state index contributed by atoms with van der Waals surface area (Å²) >= 11 is 0. The lowest BCUT2D eigenvalue weighted by atomic mass is 9.87. The van der Waals surface area contributed by atoms with Crippen LogP contribution in [0.2, 0.25) is 0 Å². The molecule has 0 radical (unpaired) electrons. The van der Waals surface area contributed by atoms with E-state index in [1.807, 2.05) is 81.4 Å². The van der Waals surface area contributed by atoms with Crippen molar-refractivity contribution < 1.29 is 0 Å². The molecule has 5 rings (SSSR count). The molecular formula is C26H30N10. The Morgan fingerprint density at radius 2 is 1.78 bits per heavy atom. The molecule has 0 bridgehead atoms. The molecule has 1 aliphatic heterocycles. The van der Waals surface area contributed by atoms with Gasteiger partial charge in [-0.15, -0.1) is 0 Å². The first-order chi connectivity index (χ1) is 17.5. The van der Waals surface area contributed by atoms with Crippen molar-refractivity contribution in [3.63, 3.8) is 0 Å². The number of aryl methyl sites for hydroxylation is 1. The minimum atomic E-state index is -0.665. The van der Waals surface area contributed by atoms with Gasteiger partial charge in [0, 0.05) is 74.7 Å². The number of aliphatic imine (C=N–C) groups is 1. The number of nitrogens with one attached hydrogen (secondary N) is 2. The fourth-order valence-corrected chi connectivity index (χ4v) is 4.47. The Morgan fingerprint density at radius 3 is 2.42 bits per heavy atom. The maximum Gasteiger partial charge on any atom is 0.225 e. The van der Waals surface area contributed by atoms with E-state index in [4.69, 9.17) is 11.1 Å². The minimum absolute atomic E-state index is 0.665. The Morgan fingerprint density at radius 1 is 1.06 bits per heavy atom. The number of aromatic amines is 1. The molecule has 0 spiro atoms. The Balaban J connectivity index is 1.26. The van der Waals surface area contributed by atoms with Gasteiger partial charge in [0.05, 0.1) is 17.4 Å². The van der Waals surface area contributed by atoms with Crippen LogP contribution in [0.4, 0.5) is 5.95 Å². The summed E-state index contributed by atoms with van der Waals surface area (Å²) in [6.07, 6.45) is 10.5. The molecule has 0 aliphatic carbocycles. The van der Waals surface area contributed by atoms with E-state index >= 15 is 0 Å². The highest BCUT2D eigenvalue weighted by molar-refractivity contribution is 6.01. The molecule has 1 saturated heterocycles. The van der Waals surface area contributed by atoms with Gasteiger partial charge in [-0.2, -0.15) is 5.10 Å².